The lowest BCUT2D eigenvalue weighted by Gasteiger charge is -2.10. The highest BCUT2D eigenvalue weighted by molar-refractivity contribution is 7.88. The number of carbonyl (C=O) groups is 1. The Balaban J connectivity index is 1.85. The van der Waals surface area contributed by atoms with Crippen molar-refractivity contribution in [3.63, 3.8) is 0 Å². The Labute approximate surface area is 148 Å². The van der Waals surface area contributed by atoms with E-state index in [-0.39, 0.29) is 17.8 Å². The molecule has 0 saturated heterocycles. The molecule has 0 aliphatic rings. The number of rotatable bonds is 7. The van der Waals surface area contributed by atoms with Gasteiger partial charge in [0.2, 0.25) is 10.0 Å². The molecule has 2 aromatic carbocycles. The first-order valence-corrected chi connectivity index (χ1v) is 9.67. The first-order chi connectivity index (χ1) is 11.8. The van der Waals surface area contributed by atoms with Gasteiger partial charge in [-0.1, -0.05) is 42.5 Å². The van der Waals surface area contributed by atoms with Crippen LogP contribution in [-0.2, 0) is 22.3 Å². The van der Waals surface area contributed by atoms with Gasteiger partial charge in [-0.05, 0) is 37.1 Å². The van der Waals surface area contributed by atoms with Crippen LogP contribution in [0, 0.1) is 0 Å². The number of para-hydroxylation sites is 1. The maximum Gasteiger partial charge on any atom is 0.319 e. The number of sulfonamides is 1. The lowest BCUT2D eigenvalue weighted by Crippen LogP contribution is -2.31. The third kappa shape index (κ3) is 6.94. The van der Waals surface area contributed by atoms with Crippen LogP contribution in [0.2, 0.25) is 0 Å². The van der Waals surface area contributed by atoms with Gasteiger partial charge in [-0.3, -0.25) is 0 Å². The second-order valence-corrected chi connectivity index (χ2v) is 7.78. The molecule has 25 heavy (non-hydrogen) atoms. The summed E-state index contributed by atoms with van der Waals surface area (Å²) in [4.78, 5) is 11.8. The highest BCUT2D eigenvalue weighted by Gasteiger charge is 2.12. The summed E-state index contributed by atoms with van der Waals surface area (Å²) in [5.74, 6) is -0.0621. The normalized spacial score (nSPS) is 11.3. The summed E-state index contributed by atoms with van der Waals surface area (Å²) in [6.07, 6.45) is 0. The largest absolute Gasteiger partial charge is 0.334 e. The van der Waals surface area contributed by atoms with E-state index in [4.69, 9.17) is 0 Å². The molecule has 0 saturated carbocycles. The van der Waals surface area contributed by atoms with E-state index in [9.17, 15) is 13.2 Å². The Bertz CT molecular complexity index is 788. The van der Waals surface area contributed by atoms with Crippen LogP contribution in [0.1, 0.15) is 25.0 Å². The van der Waals surface area contributed by atoms with Gasteiger partial charge in [0, 0.05) is 18.3 Å². The number of carbonyl (C=O) groups excluding carboxylic acids is 1. The van der Waals surface area contributed by atoms with Crippen molar-refractivity contribution in [2.75, 3.05) is 5.32 Å². The summed E-state index contributed by atoms with van der Waals surface area (Å²) in [6.45, 7) is 3.93. The quantitative estimate of drug-likeness (QED) is 0.709. The maximum atomic E-state index is 11.9. The third-order valence-corrected chi connectivity index (χ3v) is 4.82. The molecule has 0 unspecified atom stereocenters. The van der Waals surface area contributed by atoms with Crippen molar-refractivity contribution in [1.29, 1.82) is 0 Å². The molecule has 0 fully saturated rings. The Kier molecular flexibility index (Phi) is 6.55. The number of urea groups is 1. The molecule has 0 bridgehead atoms. The van der Waals surface area contributed by atoms with E-state index in [1.54, 1.807) is 38.1 Å². The minimum Gasteiger partial charge on any atom is -0.334 e. The van der Waals surface area contributed by atoms with Crippen molar-refractivity contribution >= 4 is 21.7 Å². The van der Waals surface area contributed by atoms with E-state index < -0.39 is 10.0 Å². The fraction of sp³-hybridized carbons (Fsp3) is 0.278. The fourth-order valence-corrected chi connectivity index (χ4v) is 3.69. The minimum absolute atomic E-state index is 0.0621. The fourth-order valence-electron chi connectivity index (χ4n) is 2.25. The van der Waals surface area contributed by atoms with Crippen LogP contribution in [0.25, 0.3) is 0 Å². The molecule has 0 aromatic heterocycles. The molecular formula is C18H23N3O3S. The third-order valence-electron chi connectivity index (χ3n) is 3.28. The van der Waals surface area contributed by atoms with Gasteiger partial charge in [-0.25, -0.2) is 17.9 Å². The predicted octanol–water partition coefficient (Wildman–Crippen LogP) is 2.84. The maximum absolute atomic E-state index is 11.9. The summed E-state index contributed by atoms with van der Waals surface area (Å²) in [6, 6.07) is 15.9. The van der Waals surface area contributed by atoms with Crippen LogP contribution in [0.15, 0.2) is 54.6 Å². The standard InChI is InChI=1S/C18H23N3O3S/c1-14(2)21-25(23,24)13-16-10-8-15(9-11-16)12-19-18(22)20-17-6-4-3-5-7-17/h3-11,14,21H,12-13H2,1-2H3,(H2,19,20,22). The molecular weight excluding hydrogens is 338 g/mol. The lowest BCUT2D eigenvalue weighted by molar-refractivity contribution is 0.251. The van der Waals surface area contributed by atoms with Crippen LogP contribution >= 0.6 is 0 Å². The number of anilines is 1. The second-order valence-electron chi connectivity index (χ2n) is 6.02. The molecule has 2 rings (SSSR count). The molecule has 3 N–H and O–H groups in total. The zero-order valence-electron chi connectivity index (χ0n) is 14.3. The van der Waals surface area contributed by atoms with Gasteiger partial charge in [0.15, 0.2) is 0 Å². The zero-order chi connectivity index (χ0) is 18.3. The van der Waals surface area contributed by atoms with Crippen molar-refractivity contribution in [1.82, 2.24) is 10.0 Å². The molecule has 2 aromatic rings. The van der Waals surface area contributed by atoms with Crippen molar-refractivity contribution in [3.8, 4) is 0 Å². The lowest BCUT2D eigenvalue weighted by atomic mass is 10.1. The molecule has 2 amide bonds. The Hall–Kier alpha value is -2.38. The van der Waals surface area contributed by atoms with Crippen LogP contribution in [-0.4, -0.2) is 20.5 Å². The number of nitrogens with one attached hydrogen (secondary N) is 3. The first kappa shape index (κ1) is 19.0. The van der Waals surface area contributed by atoms with Crippen molar-refractivity contribution < 1.29 is 13.2 Å². The topological polar surface area (TPSA) is 87.3 Å². The van der Waals surface area contributed by atoms with Crippen molar-refractivity contribution in [2.24, 2.45) is 0 Å². The summed E-state index contributed by atoms with van der Waals surface area (Å²) >= 11 is 0. The average Bonchev–Trinajstić information content (AvgIpc) is 2.53. The first-order valence-electron chi connectivity index (χ1n) is 8.02. The smallest absolute Gasteiger partial charge is 0.319 e. The Morgan fingerprint density at radius 1 is 0.960 bits per heavy atom. The summed E-state index contributed by atoms with van der Waals surface area (Å²) in [7, 11) is -3.34. The predicted molar refractivity (Wildman–Crippen MR) is 99.6 cm³/mol. The second kappa shape index (κ2) is 8.64. The highest BCUT2D eigenvalue weighted by Crippen LogP contribution is 2.09. The van der Waals surface area contributed by atoms with Crippen LogP contribution in [0.5, 0.6) is 0 Å². The van der Waals surface area contributed by atoms with Gasteiger partial charge in [0.1, 0.15) is 0 Å². The monoisotopic (exact) mass is 361 g/mol. The van der Waals surface area contributed by atoms with Gasteiger partial charge < -0.3 is 10.6 Å². The molecule has 0 radical (unpaired) electrons. The van der Waals surface area contributed by atoms with Crippen LogP contribution < -0.4 is 15.4 Å². The van der Waals surface area contributed by atoms with Crippen LogP contribution in [0.3, 0.4) is 0 Å². The molecule has 0 heterocycles. The highest BCUT2D eigenvalue weighted by atomic mass is 32.2. The van der Waals surface area contributed by atoms with E-state index >= 15 is 0 Å². The molecule has 0 aliphatic carbocycles. The van der Waals surface area contributed by atoms with E-state index in [1.165, 1.54) is 0 Å². The van der Waals surface area contributed by atoms with Gasteiger partial charge in [0.25, 0.3) is 0 Å². The number of hydrogen-bond donors (Lipinski definition) is 3. The Morgan fingerprint density at radius 3 is 2.16 bits per heavy atom. The minimum atomic E-state index is -3.34. The van der Waals surface area contributed by atoms with Gasteiger partial charge in [0.05, 0.1) is 5.75 Å². The zero-order valence-corrected chi connectivity index (χ0v) is 15.1. The van der Waals surface area contributed by atoms with Crippen LogP contribution in [0.4, 0.5) is 10.5 Å². The SMILES string of the molecule is CC(C)NS(=O)(=O)Cc1ccc(CNC(=O)Nc2ccccc2)cc1. The number of amides is 2. The van der Waals surface area contributed by atoms with E-state index in [1.807, 2.05) is 30.3 Å². The average molecular weight is 361 g/mol. The molecule has 0 atom stereocenters. The van der Waals surface area contributed by atoms with Gasteiger partial charge in [-0.15, -0.1) is 0 Å². The number of benzene rings is 2. The van der Waals surface area contributed by atoms with Gasteiger partial charge >= 0.3 is 6.03 Å². The molecule has 0 spiro atoms. The van der Waals surface area contributed by atoms with Crippen molar-refractivity contribution in [2.45, 2.75) is 32.2 Å². The molecule has 7 heteroatoms. The molecule has 0 aliphatic heterocycles. The molecule has 134 valence electrons. The van der Waals surface area contributed by atoms with Gasteiger partial charge in [-0.2, -0.15) is 0 Å². The van der Waals surface area contributed by atoms with E-state index in [2.05, 4.69) is 15.4 Å². The van der Waals surface area contributed by atoms with Crippen molar-refractivity contribution in [3.05, 3.63) is 65.7 Å². The van der Waals surface area contributed by atoms with E-state index in [0.29, 0.717) is 12.1 Å². The Morgan fingerprint density at radius 2 is 1.56 bits per heavy atom. The summed E-state index contributed by atoms with van der Waals surface area (Å²) < 4.78 is 26.4. The summed E-state index contributed by atoms with van der Waals surface area (Å²) in [5, 5.41) is 5.50. The number of hydrogen-bond acceptors (Lipinski definition) is 3. The summed E-state index contributed by atoms with van der Waals surface area (Å²) in [5.41, 5.74) is 2.31. The molecule has 6 nitrogen and oxygen atoms in total. The van der Waals surface area contributed by atoms with E-state index in [0.717, 1.165) is 11.3 Å².